The average Bonchev–Trinajstić information content (AvgIpc) is 3.02. The second-order valence-corrected chi connectivity index (χ2v) is 4.73. The number of ether oxygens (including phenoxy) is 1. The van der Waals surface area contributed by atoms with E-state index in [0.29, 0.717) is 11.3 Å². The molecule has 0 bridgehead atoms. The van der Waals surface area contributed by atoms with Crippen LogP contribution in [0.4, 0.5) is 4.39 Å². The van der Waals surface area contributed by atoms with Gasteiger partial charge < -0.3 is 10.5 Å². The summed E-state index contributed by atoms with van der Waals surface area (Å²) in [7, 11) is 1.57. The Morgan fingerprint density at radius 2 is 2.06 bits per heavy atom. The van der Waals surface area contributed by atoms with Gasteiger partial charge >= 0.3 is 0 Å². The van der Waals surface area contributed by atoms with Crippen molar-refractivity contribution >= 4 is 0 Å². The van der Waals surface area contributed by atoms with E-state index >= 15 is 0 Å². The Hall–Kier alpha value is -1.09. The molecule has 0 aromatic heterocycles. The summed E-state index contributed by atoms with van der Waals surface area (Å²) < 4.78 is 18.9. The monoisotopic (exact) mass is 223 g/mol. The molecule has 1 unspecified atom stereocenters. The third-order valence-electron chi connectivity index (χ3n) is 3.75. The number of nitrogens with two attached hydrogens (primary N) is 1. The first-order chi connectivity index (χ1) is 7.51. The van der Waals surface area contributed by atoms with Crippen LogP contribution in [0.1, 0.15) is 30.9 Å². The van der Waals surface area contributed by atoms with Crippen molar-refractivity contribution in [1.82, 2.24) is 0 Å². The highest BCUT2D eigenvalue weighted by Gasteiger charge is 2.47. The predicted octanol–water partition coefficient (Wildman–Crippen LogP) is 2.52. The lowest BCUT2D eigenvalue weighted by atomic mass is 9.88. The number of methoxy groups -OCH3 is 1. The van der Waals surface area contributed by atoms with Crippen LogP contribution >= 0.6 is 0 Å². The normalized spacial score (nSPS) is 19.3. The van der Waals surface area contributed by atoms with Crippen LogP contribution in [0.25, 0.3) is 0 Å². The van der Waals surface area contributed by atoms with Crippen molar-refractivity contribution in [1.29, 1.82) is 0 Å². The Balaban J connectivity index is 2.47. The average molecular weight is 223 g/mol. The van der Waals surface area contributed by atoms with E-state index in [9.17, 15) is 4.39 Å². The summed E-state index contributed by atoms with van der Waals surface area (Å²) >= 11 is 0. The van der Waals surface area contributed by atoms with Crippen LogP contribution in [0.2, 0.25) is 0 Å². The van der Waals surface area contributed by atoms with E-state index in [2.05, 4.69) is 0 Å². The van der Waals surface area contributed by atoms with E-state index in [4.69, 9.17) is 10.5 Å². The Morgan fingerprint density at radius 1 is 1.44 bits per heavy atom. The molecule has 2 nitrogen and oxygen atoms in total. The van der Waals surface area contributed by atoms with Crippen LogP contribution in [0.3, 0.4) is 0 Å². The van der Waals surface area contributed by atoms with E-state index in [-0.39, 0.29) is 17.3 Å². The molecule has 0 amide bonds. The van der Waals surface area contributed by atoms with Gasteiger partial charge in [0.15, 0.2) is 0 Å². The summed E-state index contributed by atoms with van der Waals surface area (Å²) in [6.07, 6.45) is 2.08. The van der Waals surface area contributed by atoms with Gasteiger partial charge in [0.2, 0.25) is 0 Å². The number of benzene rings is 1. The van der Waals surface area contributed by atoms with E-state index in [1.807, 2.05) is 13.0 Å². The number of rotatable bonds is 3. The van der Waals surface area contributed by atoms with Crippen LogP contribution < -0.4 is 10.5 Å². The summed E-state index contributed by atoms with van der Waals surface area (Å²) in [6, 6.07) is 3.59. The first-order valence-corrected chi connectivity index (χ1v) is 5.61. The fourth-order valence-corrected chi connectivity index (χ4v) is 2.29. The van der Waals surface area contributed by atoms with Gasteiger partial charge in [0.05, 0.1) is 7.11 Å². The zero-order valence-electron chi connectivity index (χ0n) is 10.0. The van der Waals surface area contributed by atoms with Crippen molar-refractivity contribution in [3.8, 4) is 5.75 Å². The zero-order valence-corrected chi connectivity index (χ0v) is 10.0. The summed E-state index contributed by atoms with van der Waals surface area (Å²) in [5.74, 6) is 0.406. The van der Waals surface area contributed by atoms with Crippen molar-refractivity contribution in [3.05, 3.63) is 29.1 Å². The molecule has 3 heteroatoms. The van der Waals surface area contributed by atoms with Crippen molar-refractivity contribution in [2.24, 2.45) is 5.73 Å². The van der Waals surface area contributed by atoms with Crippen LogP contribution in [-0.4, -0.2) is 13.2 Å². The number of hydrogen-bond donors (Lipinski definition) is 1. The Morgan fingerprint density at radius 3 is 2.50 bits per heavy atom. The molecule has 0 aliphatic heterocycles. The molecule has 1 aromatic carbocycles. The van der Waals surface area contributed by atoms with Crippen LogP contribution in [0.5, 0.6) is 5.75 Å². The molecule has 1 fully saturated rings. The number of halogens is 1. The molecule has 0 heterocycles. The second-order valence-electron chi connectivity index (χ2n) is 4.73. The highest BCUT2D eigenvalue weighted by molar-refractivity contribution is 5.44. The molecule has 0 spiro atoms. The lowest BCUT2D eigenvalue weighted by Crippen LogP contribution is -2.31. The fraction of sp³-hybridized carbons (Fsp3) is 0.538. The lowest BCUT2D eigenvalue weighted by molar-refractivity contribution is 0.404. The van der Waals surface area contributed by atoms with Gasteiger partial charge in [-0.15, -0.1) is 0 Å². The SMILES string of the molecule is COc1cc(C2(C(C)N)CC2)cc(F)c1C. The zero-order chi connectivity index (χ0) is 11.9. The van der Waals surface area contributed by atoms with Gasteiger partial charge in [-0.1, -0.05) is 0 Å². The fourth-order valence-electron chi connectivity index (χ4n) is 2.29. The lowest BCUT2D eigenvalue weighted by Gasteiger charge is -2.21. The summed E-state index contributed by atoms with van der Waals surface area (Å²) in [5, 5.41) is 0. The summed E-state index contributed by atoms with van der Waals surface area (Å²) in [5.41, 5.74) is 7.49. The molecule has 0 radical (unpaired) electrons. The van der Waals surface area contributed by atoms with E-state index < -0.39 is 0 Å². The summed E-state index contributed by atoms with van der Waals surface area (Å²) in [4.78, 5) is 0. The van der Waals surface area contributed by atoms with E-state index in [0.717, 1.165) is 18.4 Å². The van der Waals surface area contributed by atoms with Gasteiger partial charge in [-0.2, -0.15) is 0 Å². The van der Waals surface area contributed by atoms with Gasteiger partial charge in [0.1, 0.15) is 11.6 Å². The third-order valence-corrected chi connectivity index (χ3v) is 3.75. The molecule has 1 saturated carbocycles. The molecule has 88 valence electrons. The minimum Gasteiger partial charge on any atom is -0.496 e. The molecular formula is C13H18FNO. The summed E-state index contributed by atoms with van der Waals surface area (Å²) in [6.45, 7) is 3.71. The first kappa shape index (κ1) is 11.4. The van der Waals surface area contributed by atoms with Crippen molar-refractivity contribution in [3.63, 3.8) is 0 Å². The second kappa shape index (κ2) is 3.74. The molecule has 1 aromatic rings. The Bertz CT molecular complexity index is 411. The minimum absolute atomic E-state index is 0.0260. The van der Waals surface area contributed by atoms with Crippen molar-refractivity contribution in [2.75, 3.05) is 7.11 Å². The third kappa shape index (κ3) is 1.59. The van der Waals surface area contributed by atoms with Crippen LogP contribution in [0.15, 0.2) is 12.1 Å². The van der Waals surface area contributed by atoms with Crippen LogP contribution in [0, 0.1) is 12.7 Å². The molecule has 2 rings (SSSR count). The molecule has 0 saturated heterocycles. The van der Waals surface area contributed by atoms with Gasteiger partial charge in [-0.3, -0.25) is 0 Å². The van der Waals surface area contributed by atoms with Crippen LogP contribution in [-0.2, 0) is 5.41 Å². The Kier molecular flexibility index (Phi) is 2.66. The van der Waals surface area contributed by atoms with Crippen molar-refractivity contribution < 1.29 is 9.13 Å². The molecule has 1 atom stereocenters. The highest BCUT2D eigenvalue weighted by atomic mass is 19.1. The first-order valence-electron chi connectivity index (χ1n) is 5.61. The maximum atomic E-state index is 13.7. The van der Waals surface area contributed by atoms with E-state index in [1.54, 1.807) is 20.1 Å². The maximum absolute atomic E-state index is 13.7. The molecule has 2 N–H and O–H groups in total. The smallest absolute Gasteiger partial charge is 0.130 e. The topological polar surface area (TPSA) is 35.2 Å². The predicted molar refractivity (Wildman–Crippen MR) is 62.3 cm³/mol. The standard InChI is InChI=1S/C13H18FNO/c1-8-11(14)6-10(7-12(8)16-3)13(4-5-13)9(2)15/h6-7,9H,4-5,15H2,1-3H3. The molecule has 16 heavy (non-hydrogen) atoms. The van der Waals surface area contributed by atoms with Gasteiger partial charge in [0.25, 0.3) is 0 Å². The highest BCUT2D eigenvalue weighted by Crippen LogP contribution is 2.51. The largest absolute Gasteiger partial charge is 0.496 e. The maximum Gasteiger partial charge on any atom is 0.130 e. The Labute approximate surface area is 95.6 Å². The van der Waals surface area contributed by atoms with E-state index in [1.165, 1.54) is 0 Å². The molecular weight excluding hydrogens is 205 g/mol. The van der Waals surface area contributed by atoms with Crippen molar-refractivity contribution in [2.45, 2.75) is 38.1 Å². The van der Waals surface area contributed by atoms with Gasteiger partial charge in [-0.05, 0) is 44.4 Å². The molecule has 1 aliphatic rings. The number of hydrogen-bond acceptors (Lipinski definition) is 2. The van der Waals surface area contributed by atoms with Gasteiger partial charge in [0, 0.05) is 17.0 Å². The quantitative estimate of drug-likeness (QED) is 0.854. The minimum atomic E-state index is -0.207. The molecule has 1 aliphatic carbocycles. The van der Waals surface area contributed by atoms with Gasteiger partial charge in [-0.25, -0.2) is 4.39 Å².